The highest BCUT2D eigenvalue weighted by atomic mass is 16.5. The van der Waals surface area contributed by atoms with E-state index in [4.69, 9.17) is 10.5 Å². The molecule has 1 heterocycles. The van der Waals surface area contributed by atoms with E-state index in [0.29, 0.717) is 6.54 Å². The minimum atomic E-state index is 0.449. The van der Waals surface area contributed by atoms with Crippen molar-refractivity contribution in [2.45, 2.75) is 6.54 Å². The predicted molar refractivity (Wildman–Crippen MR) is 62.3 cm³/mol. The third-order valence-electron chi connectivity index (χ3n) is 2.17. The van der Waals surface area contributed by atoms with Gasteiger partial charge in [-0.05, 0) is 30.3 Å². The van der Waals surface area contributed by atoms with E-state index in [2.05, 4.69) is 11.7 Å². The van der Waals surface area contributed by atoms with Crippen LogP contribution in [0.2, 0.25) is 0 Å². The molecule has 4 heteroatoms. The predicted octanol–water partition coefficient (Wildman–Crippen LogP) is 1.85. The Morgan fingerprint density at radius 3 is 2.62 bits per heavy atom. The van der Waals surface area contributed by atoms with Crippen LogP contribution < -0.4 is 10.5 Å². The molecule has 0 aliphatic carbocycles. The Kier molecular flexibility index (Phi) is 3.03. The van der Waals surface area contributed by atoms with E-state index in [0.717, 1.165) is 17.1 Å². The molecule has 0 spiro atoms. The molecule has 82 valence electrons. The lowest BCUT2D eigenvalue weighted by Gasteiger charge is -2.03. The fourth-order valence-electron chi connectivity index (χ4n) is 1.39. The van der Waals surface area contributed by atoms with E-state index in [9.17, 15) is 0 Å². The molecule has 1 aromatic carbocycles. The summed E-state index contributed by atoms with van der Waals surface area (Å²) in [6, 6.07) is 9.47. The zero-order chi connectivity index (χ0) is 11.4. The Bertz CT molecular complexity index is 473. The second kappa shape index (κ2) is 4.63. The van der Waals surface area contributed by atoms with Crippen LogP contribution in [-0.2, 0) is 6.54 Å². The smallest absolute Gasteiger partial charge is 0.126 e. The van der Waals surface area contributed by atoms with Gasteiger partial charge in [-0.15, -0.1) is 0 Å². The highest BCUT2D eigenvalue weighted by molar-refractivity contribution is 5.37. The van der Waals surface area contributed by atoms with Gasteiger partial charge in [0.1, 0.15) is 5.75 Å². The Balaban J connectivity index is 2.23. The first-order chi connectivity index (χ1) is 7.83. The van der Waals surface area contributed by atoms with Gasteiger partial charge in [0.05, 0.1) is 17.6 Å². The van der Waals surface area contributed by atoms with Crippen LogP contribution in [-0.4, -0.2) is 9.78 Å². The lowest BCUT2D eigenvalue weighted by Crippen LogP contribution is -2.00. The summed E-state index contributed by atoms with van der Waals surface area (Å²) in [6.45, 7) is 3.95. The summed E-state index contributed by atoms with van der Waals surface area (Å²) >= 11 is 0. The maximum absolute atomic E-state index is 5.50. The lowest BCUT2D eigenvalue weighted by atomic mass is 10.3. The Hall–Kier alpha value is -2.07. The van der Waals surface area contributed by atoms with Crippen LogP contribution in [0.15, 0.2) is 49.4 Å². The first kappa shape index (κ1) is 10.4. The van der Waals surface area contributed by atoms with Crippen molar-refractivity contribution in [3.05, 3.63) is 55.1 Å². The van der Waals surface area contributed by atoms with Crippen LogP contribution in [0.25, 0.3) is 5.69 Å². The molecule has 0 atom stereocenters. The molecule has 0 saturated carbocycles. The average Bonchev–Trinajstić information content (AvgIpc) is 2.79. The van der Waals surface area contributed by atoms with E-state index in [1.807, 2.05) is 36.5 Å². The maximum atomic E-state index is 5.50. The molecule has 0 bridgehead atoms. The van der Waals surface area contributed by atoms with Gasteiger partial charge in [0.15, 0.2) is 0 Å². The third-order valence-corrected chi connectivity index (χ3v) is 2.17. The second-order valence-corrected chi connectivity index (χ2v) is 3.23. The molecule has 4 nitrogen and oxygen atoms in total. The van der Waals surface area contributed by atoms with Crippen molar-refractivity contribution < 1.29 is 4.74 Å². The molecule has 2 aromatic rings. The fourth-order valence-corrected chi connectivity index (χ4v) is 1.39. The highest BCUT2D eigenvalue weighted by Gasteiger charge is 1.99. The molecular formula is C12H13N3O. The second-order valence-electron chi connectivity index (χ2n) is 3.23. The average molecular weight is 215 g/mol. The number of nitrogens with two attached hydrogens (primary N) is 1. The highest BCUT2D eigenvalue weighted by Crippen LogP contribution is 2.15. The quantitative estimate of drug-likeness (QED) is 0.792. The summed E-state index contributed by atoms with van der Waals surface area (Å²) in [5.41, 5.74) is 7.33. The molecule has 0 unspecified atom stereocenters. The van der Waals surface area contributed by atoms with Crippen LogP contribution in [0.5, 0.6) is 5.75 Å². The molecule has 0 fully saturated rings. The maximum Gasteiger partial charge on any atom is 0.126 e. The number of ether oxygens (including phenoxy) is 1. The number of aromatic nitrogens is 2. The van der Waals surface area contributed by atoms with E-state index in [-0.39, 0.29) is 0 Å². The summed E-state index contributed by atoms with van der Waals surface area (Å²) in [5, 5.41) is 4.31. The molecule has 2 rings (SSSR count). The SMILES string of the molecule is C=COc1ccc(-n2ccc(CN)n2)cc1. The normalized spacial score (nSPS) is 10.1. The largest absolute Gasteiger partial charge is 0.466 e. The molecule has 0 aliphatic heterocycles. The van der Waals surface area contributed by atoms with Crippen LogP contribution >= 0.6 is 0 Å². The number of nitrogens with zero attached hydrogens (tertiary/aromatic N) is 2. The van der Waals surface area contributed by atoms with Gasteiger partial charge in [0, 0.05) is 12.7 Å². The van der Waals surface area contributed by atoms with Crippen molar-refractivity contribution in [2.75, 3.05) is 0 Å². The van der Waals surface area contributed by atoms with Gasteiger partial charge < -0.3 is 10.5 Å². The van der Waals surface area contributed by atoms with Crippen LogP contribution in [0.4, 0.5) is 0 Å². The van der Waals surface area contributed by atoms with Gasteiger partial charge in [-0.2, -0.15) is 5.10 Å². The first-order valence-corrected chi connectivity index (χ1v) is 4.96. The van der Waals surface area contributed by atoms with Gasteiger partial charge in [0.25, 0.3) is 0 Å². The van der Waals surface area contributed by atoms with E-state index < -0.39 is 0 Å². The minimum Gasteiger partial charge on any atom is -0.466 e. The summed E-state index contributed by atoms with van der Waals surface area (Å²) in [5.74, 6) is 0.755. The minimum absolute atomic E-state index is 0.449. The van der Waals surface area contributed by atoms with Gasteiger partial charge in [-0.25, -0.2) is 4.68 Å². The Labute approximate surface area is 94.0 Å². The number of hydrogen-bond donors (Lipinski definition) is 1. The van der Waals surface area contributed by atoms with Crippen molar-refractivity contribution in [3.8, 4) is 11.4 Å². The van der Waals surface area contributed by atoms with Crippen molar-refractivity contribution in [2.24, 2.45) is 5.73 Å². The van der Waals surface area contributed by atoms with Crippen LogP contribution in [0.3, 0.4) is 0 Å². The monoisotopic (exact) mass is 215 g/mol. The van der Waals surface area contributed by atoms with E-state index >= 15 is 0 Å². The van der Waals surface area contributed by atoms with E-state index in [1.54, 1.807) is 4.68 Å². The Morgan fingerprint density at radius 1 is 1.31 bits per heavy atom. The first-order valence-electron chi connectivity index (χ1n) is 4.96. The standard InChI is InChI=1S/C12H13N3O/c1-2-16-12-5-3-11(4-6-12)15-8-7-10(9-13)14-15/h2-8H,1,9,13H2. The number of hydrogen-bond acceptors (Lipinski definition) is 3. The fraction of sp³-hybridized carbons (Fsp3) is 0.0833. The van der Waals surface area contributed by atoms with Crippen molar-refractivity contribution in [1.29, 1.82) is 0 Å². The molecule has 2 N–H and O–H groups in total. The van der Waals surface area contributed by atoms with E-state index in [1.165, 1.54) is 6.26 Å². The zero-order valence-corrected chi connectivity index (χ0v) is 8.84. The Morgan fingerprint density at radius 2 is 2.06 bits per heavy atom. The van der Waals surface area contributed by atoms with Gasteiger partial charge in [0.2, 0.25) is 0 Å². The van der Waals surface area contributed by atoms with Crippen LogP contribution in [0, 0.1) is 0 Å². The lowest BCUT2D eigenvalue weighted by molar-refractivity contribution is 0.483. The van der Waals surface area contributed by atoms with Crippen molar-refractivity contribution >= 4 is 0 Å². The molecule has 0 radical (unpaired) electrons. The molecule has 16 heavy (non-hydrogen) atoms. The number of benzene rings is 1. The summed E-state index contributed by atoms with van der Waals surface area (Å²) in [7, 11) is 0. The molecule has 0 aliphatic rings. The third kappa shape index (κ3) is 2.12. The number of rotatable bonds is 4. The van der Waals surface area contributed by atoms with Crippen LogP contribution in [0.1, 0.15) is 5.69 Å². The van der Waals surface area contributed by atoms with Crippen molar-refractivity contribution in [1.82, 2.24) is 9.78 Å². The van der Waals surface area contributed by atoms with Gasteiger partial charge in [-0.3, -0.25) is 0 Å². The zero-order valence-electron chi connectivity index (χ0n) is 8.84. The topological polar surface area (TPSA) is 53.1 Å². The van der Waals surface area contributed by atoms with Crippen molar-refractivity contribution in [3.63, 3.8) is 0 Å². The molecular weight excluding hydrogens is 202 g/mol. The molecule has 0 saturated heterocycles. The van der Waals surface area contributed by atoms with Gasteiger partial charge >= 0.3 is 0 Å². The molecule has 0 amide bonds. The molecule has 1 aromatic heterocycles. The summed E-state index contributed by atoms with van der Waals surface area (Å²) in [4.78, 5) is 0. The van der Waals surface area contributed by atoms with Gasteiger partial charge in [-0.1, -0.05) is 6.58 Å². The summed E-state index contributed by atoms with van der Waals surface area (Å²) < 4.78 is 6.91. The summed E-state index contributed by atoms with van der Waals surface area (Å²) in [6.07, 6.45) is 3.28.